The lowest BCUT2D eigenvalue weighted by atomic mass is 9.77. The number of hydrogen-bond acceptors (Lipinski definition) is 7. The Kier molecular flexibility index (Phi) is 7.93. The number of pyridine rings is 1. The summed E-state index contributed by atoms with van der Waals surface area (Å²) in [6.45, 7) is 3.12. The molecule has 2 heterocycles. The van der Waals surface area contributed by atoms with Crippen LogP contribution in [0.5, 0.6) is 5.88 Å². The quantitative estimate of drug-likeness (QED) is 0.445. The molecule has 1 N–H and O–H groups in total. The average molecular weight is 550 g/mol. The van der Waals surface area contributed by atoms with Gasteiger partial charge in [-0.3, -0.25) is 4.72 Å². The molecule has 0 saturated heterocycles. The van der Waals surface area contributed by atoms with Crippen LogP contribution in [-0.2, 0) is 16.2 Å². The van der Waals surface area contributed by atoms with E-state index in [1.165, 1.54) is 43.7 Å². The Labute approximate surface area is 220 Å². The van der Waals surface area contributed by atoms with Gasteiger partial charge in [-0.15, -0.1) is 0 Å². The molecule has 3 atom stereocenters. The number of ether oxygens (including phenoxy) is 1. The van der Waals surface area contributed by atoms with Crippen molar-refractivity contribution >= 4 is 15.8 Å². The summed E-state index contributed by atoms with van der Waals surface area (Å²) in [5, 5.41) is 0. The highest BCUT2D eigenvalue weighted by atomic mass is 32.2. The van der Waals surface area contributed by atoms with Crippen molar-refractivity contribution in [3.63, 3.8) is 0 Å². The van der Waals surface area contributed by atoms with E-state index in [-0.39, 0.29) is 45.9 Å². The van der Waals surface area contributed by atoms with Crippen LogP contribution in [0.15, 0.2) is 53.8 Å². The topological polar surface area (TPSA) is 97.3 Å². The van der Waals surface area contributed by atoms with Crippen LogP contribution in [0.4, 0.5) is 19.0 Å². The number of nitrogens with zero attached hydrogens (tertiary/aromatic N) is 4. The third kappa shape index (κ3) is 6.07. The zero-order valence-corrected chi connectivity index (χ0v) is 22.3. The molecule has 0 aliphatic heterocycles. The molecule has 1 aromatic carbocycles. The standard InChI is InChI=1S/C26H30F3N5O3S/c1-16-19(6-5-7-20(16)26(27,28)29)18-8-9-22(21(14-18)34(3)4)37-25-11-10-23(17(2)32-25)38(35,36)33-24-12-13-30-15-31-24/h5-7,10-13,15,18,21-22H,8-9,14H2,1-4H3,(H,30,31,33)/t18-,21-,22-/m0/s1. The summed E-state index contributed by atoms with van der Waals surface area (Å²) in [6.07, 6.45) is -0.101. The van der Waals surface area contributed by atoms with E-state index >= 15 is 0 Å². The van der Waals surface area contributed by atoms with Gasteiger partial charge in [0, 0.05) is 18.3 Å². The van der Waals surface area contributed by atoms with Gasteiger partial charge in [0.25, 0.3) is 10.0 Å². The second-order valence-electron chi connectivity index (χ2n) is 9.65. The second kappa shape index (κ2) is 10.9. The summed E-state index contributed by atoms with van der Waals surface area (Å²) in [4.78, 5) is 14.0. The molecule has 204 valence electrons. The van der Waals surface area contributed by atoms with Crippen molar-refractivity contribution < 1.29 is 26.3 Å². The number of rotatable bonds is 7. The lowest BCUT2D eigenvalue weighted by molar-refractivity contribution is -0.138. The summed E-state index contributed by atoms with van der Waals surface area (Å²) >= 11 is 0. The Morgan fingerprint density at radius 2 is 1.84 bits per heavy atom. The molecule has 1 aliphatic carbocycles. The van der Waals surface area contributed by atoms with Crippen LogP contribution in [0.3, 0.4) is 0 Å². The molecule has 1 aliphatic rings. The SMILES string of the molecule is Cc1nc(O[C@H]2CC[C@H](c3cccc(C(F)(F)F)c3C)C[C@@H]2N(C)C)ccc1S(=O)(=O)Nc1ccncn1. The molecule has 0 unspecified atom stereocenters. The molecule has 1 saturated carbocycles. The minimum Gasteiger partial charge on any atom is -0.473 e. The first-order valence-electron chi connectivity index (χ1n) is 12.1. The van der Waals surface area contributed by atoms with Crippen molar-refractivity contribution in [2.24, 2.45) is 0 Å². The Bertz CT molecular complexity index is 1380. The number of halogens is 3. The van der Waals surface area contributed by atoms with Crippen LogP contribution in [0, 0.1) is 13.8 Å². The van der Waals surface area contributed by atoms with Crippen molar-refractivity contribution in [3.05, 3.63) is 71.3 Å². The zero-order chi connectivity index (χ0) is 27.7. The molecule has 3 aromatic rings. The number of aromatic nitrogens is 3. The van der Waals surface area contributed by atoms with Crippen LogP contribution in [0.1, 0.15) is 47.6 Å². The van der Waals surface area contributed by atoms with E-state index in [0.29, 0.717) is 24.8 Å². The summed E-state index contributed by atoms with van der Waals surface area (Å²) in [7, 11) is -0.0963. The Balaban J connectivity index is 1.50. The van der Waals surface area contributed by atoms with E-state index in [1.807, 2.05) is 19.0 Å². The fraction of sp³-hybridized carbons (Fsp3) is 0.423. The lowest BCUT2D eigenvalue weighted by Gasteiger charge is -2.40. The van der Waals surface area contributed by atoms with Crippen molar-refractivity contribution in [3.8, 4) is 5.88 Å². The number of nitrogens with one attached hydrogen (secondary N) is 1. The van der Waals surface area contributed by atoms with Crippen LogP contribution in [0.2, 0.25) is 0 Å². The number of alkyl halides is 3. The monoisotopic (exact) mass is 549 g/mol. The first-order valence-corrected chi connectivity index (χ1v) is 13.6. The number of anilines is 1. The van der Waals surface area contributed by atoms with Crippen molar-refractivity contribution in [1.82, 2.24) is 19.9 Å². The molecule has 0 bridgehead atoms. The van der Waals surface area contributed by atoms with Gasteiger partial charge in [-0.05, 0) is 82.4 Å². The maximum absolute atomic E-state index is 13.5. The van der Waals surface area contributed by atoms with Gasteiger partial charge in [-0.1, -0.05) is 12.1 Å². The van der Waals surface area contributed by atoms with E-state index in [2.05, 4.69) is 19.7 Å². The van der Waals surface area contributed by atoms with Gasteiger partial charge in [-0.2, -0.15) is 13.2 Å². The van der Waals surface area contributed by atoms with E-state index < -0.39 is 21.8 Å². The van der Waals surface area contributed by atoms with Gasteiger partial charge in [0.05, 0.1) is 11.3 Å². The van der Waals surface area contributed by atoms with Gasteiger partial charge in [-0.25, -0.2) is 23.4 Å². The highest BCUT2D eigenvalue weighted by molar-refractivity contribution is 7.92. The molecule has 38 heavy (non-hydrogen) atoms. The smallest absolute Gasteiger partial charge is 0.416 e. The van der Waals surface area contributed by atoms with Crippen molar-refractivity contribution in [1.29, 1.82) is 0 Å². The third-order valence-electron chi connectivity index (χ3n) is 6.93. The van der Waals surface area contributed by atoms with Crippen LogP contribution in [-0.4, -0.2) is 54.5 Å². The second-order valence-corrected chi connectivity index (χ2v) is 11.3. The Morgan fingerprint density at radius 3 is 2.47 bits per heavy atom. The predicted molar refractivity (Wildman–Crippen MR) is 136 cm³/mol. The maximum Gasteiger partial charge on any atom is 0.416 e. The summed E-state index contributed by atoms with van der Waals surface area (Å²) in [5.74, 6) is 0.384. The normalized spacial score (nSPS) is 20.4. The summed E-state index contributed by atoms with van der Waals surface area (Å²) in [5.41, 5.74) is 0.647. The largest absolute Gasteiger partial charge is 0.473 e. The number of benzene rings is 1. The van der Waals surface area contributed by atoms with Gasteiger partial charge < -0.3 is 9.64 Å². The third-order valence-corrected chi connectivity index (χ3v) is 8.42. The molecule has 12 heteroatoms. The van der Waals surface area contributed by atoms with Crippen LogP contribution in [0.25, 0.3) is 0 Å². The molecule has 1 fully saturated rings. The van der Waals surface area contributed by atoms with Crippen LogP contribution >= 0.6 is 0 Å². The number of sulfonamides is 1. The molecule has 0 radical (unpaired) electrons. The summed E-state index contributed by atoms with van der Waals surface area (Å²) in [6, 6.07) is 8.69. The zero-order valence-electron chi connectivity index (χ0n) is 21.5. The Morgan fingerprint density at radius 1 is 1.08 bits per heavy atom. The van der Waals surface area contributed by atoms with Gasteiger partial charge in [0.2, 0.25) is 5.88 Å². The maximum atomic E-state index is 13.5. The number of hydrogen-bond donors (Lipinski definition) is 1. The highest BCUT2D eigenvalue weighted by Crippen LogP contribution is 2.41. The van der Waals surface area contributed by atoms with E-state index in [4.69, 9.17) is 4.74 Å². The average Bonchev–Trinajstić information content (AvgIpc) is 2.84. The first-order chi connectivity index (χ1) is 17.9. The van der Waals surface area contributed by atoms with E-state index in [9.17, 15) is 21.6 Å². The molecule has 4 rings (SSSR count). The number of likely N-dealkylation sites (N-methyl/N-ethyl adjacent to an activating group) is 1. The van der Waals surface area contributed by atoms with E-state index in [0.717, 1.165) is 6.07 Å². The minimum atomic E-state index is -4.39. The van der Waals surface area contributed by atoms with Gasteiger partial charge in [0.1, 0.15) is 23.1 Å². The van der Waals surface area contributed by atoms with E-state index in [1.54, 1.807) is 13.0 Å². The first kappa shape index (κ1) is 27.8. The van der Waals surface area contributed by atoms with Gasteiger partial charge >= 0.3 is 6.18 Å². The summed E-state index contributed by atoms with van der Waals surface area (Å²) < 4.78 is 74.7. The van der Waals surface area contributed by atoms with Crippen molar-refractivity contribution in [2.75, 3.05) is 18.8 Å². The lowest BCUT2D eigenvalue weighted by Crippen LogP contribution is -2.46. The molecule has 8 nitrogen and oxygen atoms in total. The molecule has 2 aromatic heterocycles. The van der Waals surface area contributed by atoms with Crippen molar-refractivity contribution in [2.45, 2.75) is 62.2 Å². The minimum absolute atomic E-state index is 0.00338. The molecular formula is C26H30F3N5O3S. The number of aryl methyl sites for hydroxylation is 1. The fourth-order valence-corrected chi connectivity index (χ4v) is 6.25. The molecular weight excluding hydrogens is 519 g/mol. The predicted octanol–water partition coefficient (Wildman–Crippen LogP) is 4.95. The van der Waals surface area contributed by atoms with Crippen LogP contribution < -0.4 is 9.46 Å². The fourth-order valence-electron chi connectivity index (χ4n) is 5.06. The highest BCUT2D eigenvalue weighted by Gasteiger charge is 2.38. The molecule has 0 spiro atoms. The Hall–Kier alpha value is -3.25. The molecule has 0 amide bonds. The van der Waals surface area contributed by atoms with Gasteiger partial charge in [0.15, 0.2) is 0 Å².